The zero-order valence-corrected chi connectivity index (χ0v) is 19.3. The molecular formula is C25H23FN8O2. The van der Waals surface area contributed by atoms with Crippen LogP contribution >= 0.6 is 0 Å². The second kappa shape index (κ2) is 9.47. The van der Waals surface area contributed by atoms with Gasteiger partial charge in [-0.25, -0.2) is 4.98 Å². The second-order valence-electron chi connectivity index (χ2n) is 8.10. The van der Waals surface area contributed by atoms with Gasteiger partial charge in [0, 0.05) is 35.9 Å². The summed E-state index contributed by atoms with van der Waals surface area (Å²) in [6.45, 7) is 3.82. The third kappa shape index (κ3) is 4.46. The van der Waals surface area contributed by atoms with Crippen LogP contribution in [-0.4, -0.2) is 37.1 Å². The smallest absolute Gasteiger partial charge is 0.256 e. The highest BCUT2D eigenvalue weighted by atomic mass is 19.1. The van der Waals surface area contributed by atoms with Crippen LogP contribution < -0.4 is 20.4 Å². The number of aromatic nitrogens is 4. The Labute approximate surface area is 206 Å². The average Bonchev–Trinajstić information content (AvgIpc) is 3.20. The first-order chi connectivity index (χ1) is 17.4. The van der Waals surface area contributed by atoms with Gasteiger partial charge in [0.2, 0.25) is 18.2 Å². The number of carbonyl (C=O) groups is 1. The van der Waals surface area contributed by atoms with Crippen molar-refractivity contribution in [1.29, 1.82) is 0 Å². The van der Waals surface area contributed by atoms with E-state index in [-0.39, 0.29) is 17.5 Å². The molecule has 0 fully saturated rings. The van der Waals surface area contributed by atoms with Crippen molar-refractivity contribution in [1.82, 2.24) is 19.7 Å². The Bertz CT molecular complexity index is 1420. The lowest BCUT2D eigenvalue weighted by atomic mass is 10.1. The van der Waals surface area contributed by atoms with Gasteiger partial charge in [-0.2, -0.15) is 9.37 Å². The van der Waals surface area contributed by atoms with Crippen LogP contribution in [0.25, 0.3) is 0 Å². The van der Waals surface area contributed by atoms with Crippen molar-refractivity contribution >= 4 is 40.4 Å². The Kier molecular flexibility index (Phi) is 6.05. The predicted molar refractivity (Wildman–Crippen MR) is 135 cm³/mol. The summed E-state index contributed by atoms with van der Waals surface area (Å²) in [7, 11) is 1.61. The molecular weight excluding hydrogens is 463 g/mol. The van der Waals surface area contributed by atoms with E-state index in [4.69, 9.17) is 0 Å². The molecule has 2 aromatic heterocycles. The number of anilines is 6. The number of aliphatic hydroxyl groups is 1. The van der Waals surface area contributed by atoms with E-state index in [2.05, 4.69) is 32.3 Å². The lowest BCUT2D eigenvalue weighted by Crippen LogP contribution is -2.50. The fraction of sp³-hybridized carbons (Fsp3) is 0.120. The van der Waals surface area contributed by atoms with Crippen molar-refractivity contribution < 1.29 is 14.3 Å². The van der Waals surface area contributed by atoms with Crippen molar-refractivity contribution in [2.24, 2.45) is 7.05 Å². The Balaban J connectivity index is 1.58. The summed E-state index contributed by atoms with van der Waals surface area (Å²) >= 11 is 0. The predicted octanol–water partition coefficient (Wildman–Crippen LogP) is 3.65. The molecule has 4 aromatic rings. The SMILES string of the molecule is C=CC(=O)Nc1cccc(N2c3nc(Nc4cn(C)nc4F)ncc3CN(c3ccccc3)C2O)c1. The number of rotatable bonds is 6. The summed E-state index contributed by atoms with van der Waals surface area (Å²) in [5.74, 6) is -0.465. The number of para-hydroxylation sites is 1. The summed E-state index contributed by atoms with van der Waals surface area (Å²) in [4.78, 5) is 24.2. The molecule has 0 saturated heterocycles. The number of carbonyl (C=O) groups excluding carboxylic acids is 1. The van der Waals surface area contributed by atoms with Gasteiger partial charge in [-0.1, -0.05) is 30.8 Å². The van der Waals surface area contributed by atoms with Crippen LogP contribution in [0.15, 0.2) is 79.6 Å². The van der Waals surface area contributed by atoms with Gasteiger partial charge in [-0.05, 0) is 36.4 Å². The Morgan fingerprint density at radius 2 is 1.97 bits per heavy atom. The van der Waals surface area contributed by atoms with Gasteiger partial charge in [0.05, 0.1) is 12.7 Å². The third-order valence-electron chi connectivity index (χ3n) is 5.62. The molecule has 0 spiro atoms. The lowest BCUT2D eigenvalue weighted by molar-refractivity contribution is -0.111. The Morgan fingerprint density at radius 3 is 2.69 bits per heavy atom. The molecule has 182 valence electrons. The zero-order valence-electron chi connectivity index (χ0n) is 19.3. The minimum Gasteiger partial charge on any atom is -0.356 e. The van der Waals surface area contributed by atoms with Crippen molar-refractivity contribution in [2.75, 3.05) is 20.4 Å². The maximum Gasteiger partial charge on any atom is 0.256 e. The average molecular weight is 487 g/mol. The molecule has 0 aliphatic carbocycles. The maximum absolute atomic E-state index is 14.1. The van der Waals surface area contributed by atoms with E-state index in [1.54, 1.807) is 47.3 Å². The van der Waals surface area contributed by atoms with E-state index in [9.17, 15) is 14.3 Å². The standard InChI is InChI=1S/C25H23FN8O2/c1-3-21(35)28-17-8-7-11-19(12-17)34-23-16(14-33(25(34)36)18-9-5-4-6-10-18)13-27-24(30-23)29-20-15-32(2)31-22(20)26/h3-13,15,25,36H,1,14H2,2H3,(H,28,35)(H,27,29,30). The highest BCUT2D eigenvalue weighted by molar-refractivity contribution is 5.99. The van der Waals surface area contributed by atoms with Crippen molar-refractivity contribution in [3.8, 4) is 0 Å². The summed E-state index contributed by atoms with van der Waals surface area (Å²) < 4.78 is 15.4. The number of aryl methyl sites for hydroxylation is 1. The number of fused-ring (bicyclic) bond motifs is 1. The van der Waals surface area contributed by atoms with Gasteiger partial charge in [-0.15, -0.1) is 5.10 Å². The van der Waals surface area contributed by atoms with Crippen molar-refractivity contribution in [3.63, 3.8) is 0 Å². The lowest BCUT2D eigenvalue weighted by Gasteiger charge is -2.43. The van der Waals surface area contributed by atoms with E-state index in [1.165, 1.54) is 17.0 Å². The maximum atomic E-state index is 14.1. The van der Waals surface area contributed by atoms with Crippen molar-refractivity contribution in [2.45, 2.75) is 12.9 Å². The number of hydrogen-bond donors (Lipinski definition) is 3. The monoisotopic (exact) mass is 486 g/mol. The topological polar surface area (TPSA) is 111 Å². The summed E-state index contributed by atoms with van der Waals surface area (Å²) in [6.07, 6.45) is 3.16. The molecule has 1 aliphatic heterocycles. The fourth-order valence-corrected chi connectivity index (χ4v) is 3.98. The summed E-state index contributed by atoms with van der Waals surface area (Å²) in [5.41, 5.74) is 2.76. The Hall–Kier alpha value is -4.77. The first kappa shape index (κ1) is 23.0. The highest BCUT2D eigenvalue weighted by Crippen LogP contribution is 2.38. The summed E-state index contributed by atoms with van der Waals surface area (Å²) in [5, 5.41) is 20.8. The van der Waals surface area contributed by atoms with Gasteiger partial charge in [0.25, 0.3) is 5.95 Å². The van der Waals surface area contributed by atoms with Crippen LogP contribution in [0.1, 0.15) is 5.56 Å². The molecule has 1 atom stereocenters. The van der Waals surface area contributed by atoms with Crippen molar-refractivity contribution in [3.05, 3.63) is 91.2 Å². The summed E-state index contributed by atoms with van der Waals surface area (Å²) in [6, 6.07) is 16.5. The normalized spacial score (nSPS) is 14.8. The van der Waals surface area contributed by atoms with E-state index in [0.717, 1.165) is 11.3 Å². The molecule has 3 N–H and O–H groups in total. The molecule has 5 rings (SSSR count). The minimum atomic E-state index is -1.14. The fourth-order valence-electron chi connectivity index (χ4n) is 3.98. The molecule has 3 heterocycles. The number of amides is 1. The molecule has 1 amide bonds. The first-order valence-corrected chi connectivity index (χ1v) is 11.1. The number of hydrogen-bond acceptors (Lipinski definition) is 8. The van der Waals surface area contributed by atoms with Crippen LogP contribution in [0.3, 0.4) is 0 Å². The molecule has 11 heteroatoms. The number of benzene rings is 2. The van der Waals surface area contributed by atoms with E-state index in [1.807, 2.05) is 30.3 Å². The number of aliphatic hydroxyl groups excluding tert-OH is 1. The molecule has 2 aromatic carbocycles. The largest absolute Gasteiger partial charge is 0.356 e. The number of nitrogens with zero attached hydrogens (tertiary/aromatic N) is 6. The van der Waals surface area contributed by atoms with Gasteiger partial charge < -0.3 is 20.6 Å². The minimum absolute atomic E-state index is 0.125. The number of nitrogens with one attached hydrogen (secondary N) is 2. The van der Waals surface area contributed by atoms with Crippen LogP contribution in [0.4, 0.5) is 38.9 Å². The van der Waals surface area contributed by atoms with Gasteiger partial charge in [0.1, 0.15) is 11.5 Å². The van der Waals surface area contributed by atoms with Gasteiger partial charge >= 0.3 is 0 Å². The molecule has 0 bridgehead atoms. The number of halogens is 1. The molecule has 10 nitrogen and oxygen atoms in total. The van der Waals surface area contributed by atoms with Crippen LogP contribution in [0, 0.1) is 5.95 Å². The quantitative estimate of drug-likeness (QED) is 0.354. The molecule has 36 heavy (non-hydrogen) atoms. The van der Waals surface area contributed by atoms with Crippen LogP contribution in [0.5, 0.6) is 0 Å². The first-order valence-electron chi connectivity index (χ1n) is 11.1. The van der Waals surface area contributed by atoms with Crippen LogP contribution in [-0.2, 0) is 18.4 Å². The van der Waals surface area contributed by atoms with Gasteiger partial charge in [0.15, 0.2) is 0 Å². The zero-order chi connectivity index (χ0) is 25.2. The molecule has 0 saturated carbocycles. The molecule has 0 radical (unpaired) electrons. The van der Waals surface area contributed by atoms with Crippen LogP contribution in [0.2, 0.25) is 0 Å². The Morgan fingerprint density at radius 1 is 1.19 bits per heavy atom. The third-order valence-corrected chi connectivity index (χ3v) is 5.62. The molecule has 1 unspecified atom stereocenters. The van der Waals surface area contributed by atoms with E-state index in [0.29, 0.717) is 23.7 Å². The van der Waals surface area contributed by atoms with E-state index >= 15 is 0 Å². The second-order valence-corrected chi connectivity index (χ2v) is 8.10. The van der Waals surface area contributed by atoms with E-state index < -0.39 is 12.3 Å². The molecule has 1 aliphatic rings. The van der Waals surface area contributed by atoms with Gasteiger partial charge in [-0.3, -0.25) is 14.4 Å². The highest BCUT2D eigenvalue weighted by Gasteiger charge is 2.34.